The van der Waals surface area contributed by atoms with Crippen molar-refractivity contribution in [3.8, 4) is 0 Å². The molecule has 1 saturated heterocycles. The predicted molar refractivity (Wildman–Crippen MR) is 68.8 cm³/mol. The van der Waals surface area contributed by atoms with Gasteiger partial charge in [-0.2, -0.15) is 0 Å². The number of hydrogen-bond acceptors (Lipinski definition) is 3. The van der Waals surface area contributed by atoms with Gasteiger partial charge in [0.25, 0.3) is 0 Å². The summed E-state index contributed by atoms with van der Waals surface area (Å²) in [5.41, 5.74) is 0.226. The number of hydrogen-bond donors (Lipinski definition) is 1. The molecule has 0 aromatic rings. The third kappa shape index (κ3) is 3.19. The second-order valence-corrected chi connectivity index (χ2v) is 6.00. The first kappa shape index (κ1) is 13.9. The monoisotopic (exact) mass is 228 g/mol. The van der Waals surface area contributed by atoms with Crippen molar-refractivity contribution < 1.29 is 4.74 Å². The average molecular weight is 228 g/mol. The summed E-state index contributed by atoms with van der Waals surface area (Å²) in [4.78, 5) is 2.58. The molecule has 0 aliphatic carbocycles. The molecule has 1 aliphatic rings. The van der Waals surface area contributed by atoms with Gasteiger partial charge >= 0.3 is 0 Å². The van der Waals surface area contributed by atoms with Crippen LogP contribution in [0.15, 0.2) is 0 Å². The fraction of sp³-hybridized carbons (Fsp3) is 1.00. The number of ether oxygens (including phenoxy) is 1. The van der Waals surface area contributed by atoms with E-state index in [-0.39, 0.29) is 5.54 Å². The second-order valence-electron chi connectivity index (χ2n) is 6.00. The lowest BCUT2D eigenvalue weighted by Crippen LogP contribution is -2.65. The lowest BCUT2D eigenvalue weighted by molar-refractivity contribution is -0.00648. The van der Waals surface area contributed by atoms with Crippen molar-refractivity contribution in [1.29, 1.82) is 0 Å². The van der Waals surface area contributed by atoms with Crippen LogP contribution in [0.1, 0.15) is 34.6 Å². The Hall–Kier alpha value is -0.120. The summed E-state index contributed by atoms with van der Waals surface area (Å²) in [6.45, 7) is 14.4. The van der Waals surface area contributed by atoms with Crippen LogP contribution in [0.2, 0.25) is 0 Å². The normalized spacial score (nSPS) is 28.3. The summed E-state index contributed by atoms with van der Waals surface area (Å²) in [5, 5.41) is 3.65. The topological polar surface area (TPSA) is 24.5 Å². The van der Waals surface area contributed by atoms with E-state index in [0.717, 1.165) is 19.7 Å². The van der Waals surface area contributed by atoms with E-state index in [1.165, 1.54) is 0 Å². The van der Waals surface area contributed by atoms with Gasteiger partial charge in [0.1, 0.15) is 0 Å². The lowest BCUT2D eigenvalue weighted by Gasteiger charge is -2.50. The summed E-state index contributed by atoms with van der Waals surface area (Å²) >= 11 is 0. The largest absolute Gasteiger partial charge is 0.383 e. The van der Waals surface area contributed by atoms with E-state index in [9.17, 15) is 0 Å². The van der Waals surface area contributed by atoms with E-state index in [0.29, 0.717) is 18.0 Å². The Balaban J connectivity index is 2.68. The zero-order chi connectivity index (χ0) is 12.3. The molecule has 0 saturated carbocycles. The maximum absolute atomic E-state index is 5.28. The molecule has 16 heavy (non-hydrogen) atoms. The molecule has 2 unspecified atom stereocenters. The summed E-state index contributed by atoms with van der Waals surface area (Å²) < 4.78 is 5.28. The van der Waals surface area contributed by atoms with Gasteiger partial charge in [0.15, 0.2) is 0 Å². The van der Waals surface area contributed by atoms with Crippen molar-refractivity contribution in [1.82, 2.24) is 10.2 Å². The molecule has 2 atom stereocenters. The first-order valence-electron chi connectivity index (χ1n) is 6.37. The number of methoxy groups -OCH3 is 1. The summed E-state index contributed by atoms with van der Waals surface area (Å²) in [6.07, 6.45) is 0. The highest BCUT2D eigenvalue weighted by atomic mass is 16.5. The van der Waals surface area contributed by atoms with Crippen LogP contribution in [0.25, 0.3) is 0 Å². The van der Waals surface area contributed by atoms with E-state index < -0.39 is 0 Å². The van der Waals surface area contributed by atoms with Crippen LogP contribution < -0.4 is 5.32 Å². The molecule has 3 heteroatoms. The molecule has 1 rings (SSSR count). The summed E-state index contributed by atoms with van der Waals surface area (Å²) in [7, 11) is 1.78. The van der Waals surface area contributed by atoms with Gasteiger partial charge in [0.05, 0.1) is 6.61 Å². The fourth-order valence-corrected chi connectivity index (χ4v) is 2.56. The highest BCUT2D eigenvalue weighted by molar-refractivity contribution is 4.95. The van der Waals surface area contributed by atoms with Gasteiger partial charge in [-0.25, -0.2) is 0 Å². The van der Waals surface area contributed by atoms with E-state index in [2.05, 4.69) is 44.8 Å². The van der Waals surface area contributed by atoms with Crippen molar-refractivity contribution in [3.63, 3.8) is 0 Å². The van der Waals surface area contributed by atoms with Crippen LogP contribution in [-0.2, 0) is 4.74 Å². The van der Waals surface area contributed by atoms with Crippen molar-refractivity contribution in [2.24, 2.45) is 5.92 Å². The highest BCUT2D eigenvalue weighted by Gasteiger charge is 2.37. The van der Waals surface area contributed by atoms with Gasteiger partial charge in [0.2, 0.25) is 0 Å². The highest BCUT2D eigenvalue weighted by Crippen LogP contribution is 2.23. The Labute approximate surface area is 101 Å². The molecular formula is C13H28N2O. The van der Waals surface area contributed by atoms with Crippen molar-refractivity contribution >= 4 is 0 Å². The molecule has 0 radical (unpaired) electrons. The lowest BCUT2D eigenvalue weighted by atomic mass is 9.91. The van der Waals surface area contributed by atoms with Crippen LogP contribution in [-0.4, -0.2) is 49.3 Å². The third-order valence-electron chi connectivity index (χ3n) is 3.71. The first-order valence-corrected chi connectivity index (χ1v) is 6.37. The summed E-state index contributed by atoms with van der Waals surface area (Å²) in [6, 6.07) is 1.09. The maximum atomic E-state index is 5.28. The zero-order valence-corrected chi connectivity index (χ0v) is 11.7. The second kappa shape index (κ2) is 5.48. The molecule has 1 aliphatic heterocycles. The Bertz CT molecular complexity index is 216. The standard InChI is InChI=1S/C13H28N2O/c1-10(2)12-7-15(11(3)8-16-6)13(4,5)9-14-12/h10-12,14H,7-9H2,1-6H3. The molecule has 1 fully saturated rings. The molecule has 0 spiro atoms. The Kier molecular flexibility index (Phi) is 4.77. The third-order valence-corrected chi connectivity index (χ3v) is 3.71. The van der Waals surface area contributed by atoms with Crippen molar-refractivity contribution in [2.45, 2.75) is 52.2 Å². The minimum Gasteiger partial charge on any atom is -0.383 e. The average Bonchev–Trinajstić information content (AvgIpc) is 2.16. The SMILES string of the molecule is COCC(C)N1CC(C(C)C)NCC1(C)C. The Morgan fingerprint density at radius 1 is 1.38 bits per heavy atom. The molecule has 0 amide bonds. The smallest absolute Gasteiger partial charge is 0.0615 e. The van der Waals surface area contributed by atoms with E-state index in [1.54, 1.807) is 7.11 Å². The van der Waals surface area contributed by atoms with Gasteiger partial charge in [-0.1, -0.05) is 13.8 Å². The predicted octanol–water partition coefficient (Wildman–Crippen LogP) is 1.73. The van der Waals surface area contributed by atoms with Gasteiger partial charge in [-0.3, -0.25) is 4.90 Å². The van der Waals surface area contributed by atoms with Gasteiger partial charge in [0, 0.05) is 37.8 Å². The van der Waals surface area contributed by atoms with Gasteiger partial charge in [-0.05, 0) is 26.7 Å². The molecule has 1 N–H and O–H groups in total. The van der Waals surface area contributed by atoms with Gasteiger partial charge in [-0.15, -0.1) is 0 Å². The number of piperazine rings is 1. The molecule has 96 valence electrons. The fourth-order valence-electron chi connectivity index (χ4n) is 2.56. The minimum atomic E-state index is 0.226. The molecule has 3 nitrogen and oxygen atoms in total. The van der Waals surface area contributed by atoms with Crippen LogP contribution in [0.3, 0.4) is 0 Å². The molecule has 0 aromatic carbocycles. The number of nitrogens with one attached hydrogen (secondary N) is 1. The zero-order valence-electron chi connectivity index (χ0n) is 11.7. The Morgan fingerprint density at radius 2 is 2.00 bits per heavy atom. The van der Waals surface area contributed by atoms with Crippen LogP contribution in [0.5, 0.6) is 0 Å². The maximum Gasteiger partial charge on any atom is 0.0615 e. The van der Waals surface area contributed by atoms with Crippen LogP contribution in [0, 0.1) is 5.92 Å². The molecular weight excluding hydrogens is 200 g/mol. The van der Waals surface area contributed by atoms with Crippen molar-refractivity contribution in [3.05, 3.63) is 0 Å². The molecule has 0 aromatic heterocycles. The number of nitrogens with zero attached hydrogens (tertiary/aromatic N) is 1. The van der Waals surface area contributed by atoms with E-state index in [4.69, 9.17) is 4.74 Å². The summed E-state index contributed by atoms with van der Waals surface area (Å²) in [5.74, 6) is 0.688. The Morgan fingerprint density at radius 3 is 2.50 bits per heavy atom. The van der Waals surface area contributed by atoms with Crippen LogP contribution in [0.4, 0.5) is 0 Å². The first-order chi connectivity index (χ1) is 7.38. The van der Waals surface area contributed by atoms with Gasteiger partial charge < -0.3 is 10.1 Å². The van der Waals surface area contributed by atoms with E-state index in [1.807, 2.05) is 0 Å². The molecule has 1 heterocycles. The minimum absolute atomic E-state index is 0.226. The number of rotatable bonds is 4. The van der Waals surface area contributed by atoms with Crippen molar-refractivity contribution in [2.75, 3.05) is 26.8 Å². The van der Waals surface area contributed by atoms with E-state index >= 15 is 0 Å². The molecule has 0 bridgehead atoms. The van der Waals surface area contributed by atoms with Crippen LogP contribution >= 0.6 is 0 Å². The quantitative estimate of drug-likeness (QED) is 0.793.